The molecule has 0 spiro atoms. The summed E-state index contributed by atoms with van der Waals surface area (Å²) in [6.07, 6.45) is 4.03. The second-order valence-corrected chi connectivity index (χ2v) is 5.54. The number of aryl methyl sites for hydroxylation is 2. The minimum absolute atomic E-state index is 0.265. The Balaban J connectivity index is 1.98. The van der Waals surface area contributed by atoms with Gasteiger partial charge in [0.2, 0.25) is 0 Å². The average molecular weight is 270 g/mol. The molecule has 1 unspecified atom stereocenters. The zero-order valence-electron chi connectivity index (χ0n) is 11.8. The molecule has 1 aliphatic carbocycles. The number of hydrogen-bond acceptors (Lipinski definition) is 2. The normalized spacial score (nSPS) is 17.8. The number of hydrogen-bond donors (Lipinski definition) is 1. The van der Waals surface area contributed by atoms with Crippen molar-refractivity contribution in [1.82, 2.24) is 9.78 Å². The van der Waals surface area contributed by atoms with E-state index >= 15 is 0 Å². The van der Waals surface area contributed by atoms with E-state index in [-0.39, 0.29) is 5.92 Å². The molecule has 1 heterocycles. The van der Waals surface area contributed by atoms with Crippen molar-refractivity contribution in [2.75, 3.05) is 0 Å². The quantitative estimate of drug-likeness (QED) is 0.912. The Kier molecular flexibility index (Phi) is 3.08. The Hall–Kier alpha value is -2.10. The molecule has 1 N–H and O–H groups in total. The van der Waals surface area contributed by atoms with Crippen LogP contribution in [-0.4, -0.2) is 20.9 Å². The van der Waals surface area contributed by atoms with E-state index in [0.717, 1.165) is 23.4 Å². The maximum absolute atomic E-state index is 11.1. The van der Waals surface area contributed by atoms with Crippen molar-refractivity contribution in [3.8, 4) is 5.69 Å². The highest BCUT2D eigenvalue weighted by atomic mass is 16.4. The third-order valence-corrected chi connectivity index (χ3v) is 4.25. The summed E-state index contributed by atoms with van der Waals surface area (Å²) in [5.41, 5.74) is 5.64. The fraction of sp³-hybridized carbons (Fsp3) is 0.375. The van der Waals surface area contributed by atoms with Crippen LogP contribution in [0.3, 0.4) is 0 Å². The van der Waals surface area contributed by atoms with E-state index in [1.165, 1.54) is 11.1 Å². The molecule has 1 aromatic heterocycles. The van der Waals surface area contributed by atoms with Crippen LogP contribution >= 0.6 is 0 Å². The molecule has 20 heavy (non-hydrogen) atoms. The minimum Gasteiger partial charge on any atom is -0.481 e. The monoisotopic (exact) mass is 270 g/mol. The summed E-state index contributed by atoms with van der Waals surface area (Å²) in [5, 5.41) is 13.8. The first-order chi connectivity index (χ1) is 9.56. The van der Waals surface area contributed by atoms with Gasteiger partial charge in [0, 0.05) is 6.20 Å². The second kappa shape index (κ2) is 4.78. The minimum atomic E-state index is -0.699. The zero-order chi connectivity index (χ0) is 14.3. The number of rotatable bonds is 2. The molecule has 4 nitrogen and oxygen atoms in total. The number of aliphatic carboxylic acids is 1. The van der Waals surface area contributed by atoms with Crippen LogP contribution in [-0.2, 0) is 17.6 Å². The van der Waals surface area contributed by atoms with E-state index in [9.17, 15) is 4.79 Å². The second-order valence-electron chi connectivity index (χ2n) is 5.54. The molecule has 1 aromatic carbocycles. The van der Waals surface area contributed by atoms with Crippen molar-refractivity contribution in [2.45, 2.75) is 33.1 Å². The highest BCUT2D eigenvalue weighted by Gasteiger charge is 2.26. The Bertz CT molecular complexity index is 673. The topological polar surface area (TPSA) is 55.1 Å². The standard InChI is InChI=1S/C16H18N2O2/c1-10-4-3-5-15(11(10)2)18-9-13-8-12(16(19)20)6-7-14(13)17-18/h3-5,9,12H,6-8H2,1-2H3,(H,19,20). The van der Waals surface area contributed by atoms with Crippen LogP contribution < -0.4 is 0 Å². The Morgan fingerprint density at radius 2 is 2.20 bits per heavy atom. The van der Waals surface area contributed by atoms with Crippen LogP contribution in [0.15, 0.2) is 24.4 Å². The summed E-state index contributed by atoms with van der Waals surface area (Å²) in [6.45, 7) is 4.17. The maximum Gasteiger partial charge on any atom is 0.306 e. The lowest BCUT2D eigenvalue weighted by molar-refractivity contribution is -0.142. The van der Waals surface area contributed by atoms with Gasteiger partial charge in [0.05, 0.1) is 17.3 Å². The lowest BCUT2D eigenvalue weighted by Crippen LogP contribution is -2.21. The van der Waals surface area contributed by atoms with E-state index in [0.29, 0.717) is 12.8 Å². The predicted octanol–water partition coefficient (Wildman–Crippen LogP) is 2.68. The van der Waals surface area contributed by atoms with Crippen molar-refractivity contribution in [3.05, 3.63) is 46.8 Å². The smallest absolute Gasteiger partial charge is 0.306 e. The molecule has 0 radical (unpaired) electrons. The van der Waals surface area contributed by atoms with Crippen LogP contribution in [0.5, 0.6) is 0 Å². The van der Waals surface area contributed by atoms with E-state index in [4.69, 9.17) is 5.11 Å². The van der Waals surface area contributed by atoms with Gasteiger partial charge in [-0.05, 0) is 55.9 Å². The third-order valence-electron chi connectivity index (χ3n) is 4.25. The first-order valence-electron chi connectivity index (χ1n) is 6.93. The number of fused-ring (bicyclic) bond motifs is 1. The molecule has 0 saturated heterocycles. The Morgan fingerprint density at radius 3 is 2.95 bits per heavy atom. The first-order valence-corrected chi connectivity index (χ1v) is 6.93. The molecule has 0 bridgehead atoms. The zero-order valence-corrected chi connectivity index (χ0v) is 11.8. The van der Waals surface area contributed by atoms with Gasteiger partial charge in [-0.2, -0.15) is 5.10 Å². The molecule has 2 aromatic rings. The largest absolute Gasteiger partial charge is 0.481 e. The molecule has 104 valence electrons. The van der Waals surface area contributed by atoms with Crippen molar-refractivity contribution < 1.29 is 9.90 Å². The summed E-state index contributed by atoms with van der Waals surface area (Å²) in [6, 6.07) is 6.16. The summed E-state index contributed by atoms with van der Waals surface area (Å²) >= 11 is 0. The molecule has 1 atom stereocenters. The average Bonchev–Trinajstić information content (AvgIpc) is 2.84. The van der Waals surface area contributed by atoms with Crippen LogP contribution in [0.25, 0.3) is 5.69 Å². The van der Waals surface area contributed by atoms with Gasteiger partial charge >= 0.3 is 5.97 Å². The lowest BCUT2D eigenvalue weighted by Gasteiger charge is -2.16. The van der Waals surface area contributed by atoms with E-state index in [2.05, 4.69) is 31.1 Å². The fourth-order valence-electron chi connectivity index (χ4n) is 2.82. The van der Waals surface area contributed by atoms with Gasteiger partial charge in [-0.25, -0.2) is 4.68 Å². The third kappa shape index (κ3) is 2.11. The molecular formula is C16H18N2O2. The van der Waals surface area contributed by atoms with E-state index < -0.39 is 5.97 Å². The van der Waals surface area contributed by atoms with Crippen LogP contribution in [0.2, 0.25) is 0 Å². The maximum atomic E-state index is 11.1. The van der Waals surface area contributed by atoms with Crippen molar-refractivity contribution in [1.29, 1.82) is 0 Å². The van der Waals surface area contributed by atoms with Crippen LogP contribution in [0.1, 0.15) is 28.8 Å². The van der Waals surface area contributed by atoms with Crippen LogP contribution in [0, 0.1) is 19.8 Å². The molecule has 0 aliphatic heterocycles. The van der Waals surface area contributed by atoms with Gasteiger partial charge < -0.3 is 5.11 Å². The Labute approximate surface area is 118 Å². The Morgan fingerprint density at radius 1 is 1.40 bits per heavy atom. The summed E-state index contributed by atoms with van der Waals surface area (Å²) < 4.78 is 1.90. The summed E-state index contributed by atoms with van der Waals surface area (Å²) in [5.74, 6) is -0.964. The molecule has 0 amide bonds. The van der Waals surface area contributed by atoms with Gasteiger partial charge in [-0.15, -0.1) is 0 Å². The highest BCUT2D eigenvalue weighted by Crippen LogP contribution is 2.27. The van der Waals surface area contributed by atoms with Gasteiger partial charge in [0.1, 0.15) is 0 Å². The molecule has 4 heteroatoms. The predicted molar refractivity (Wildman–Crippen MR) is 76.2 cm³/mol. The van der Waals surface area contributed by atoms with Gasteiger partial charge in [0.25, 0.3) is 0 Å². The molecule has 0 saturated carbocycles. The SMILES string of the molecule is Cc1cccc(-n2cc3c(n2)CCC(C(=O)O)C3)c1C. The number of carbonyl (C=O) groups is 1. The molecule has 0 fully saturated rings. The molecule has 1 aliphatic rings. The molecule has 3 rings (SSSR count). The summed E-state index contributed by atoms with van der Waals surface area (Å²) in [4.78, 5) is 11.1. The number of carboxylic acid groups (broad SMARTS) is 1. The number of aromatic nitrogens is 2. The van der Waals surface area contributed by atoms with Crippen molar-refractivity contribution in [3.63, 3.8) is 0 Å². The van der Waals surface area contributed by atoms with Gasteiger partial charge in [0.15, 0.2) is 0 Å². The van der Waals surface area contributed by atoms with E-state index in [1.54, 1.807) is 0 Å². The lowest BCUT2D eigenvalue weighted by atomic mass is 9.88. The van der Waals surface area contributed by atoms with Gasteiger partial charge in [-0.1, -0.05) is 12.1 Å². The van der Waals surface area contributed by atoms with Crippen molar-refractivity contribution in [2.24, 2.45) is 5.92 Å². The first kappa shape index (κ1) is 12.9. The fourth-order valence-corrected chi connectivity index (χ4v) is 2.82. The van der Waals surface area contributed by atoms with Crippen LogP contribution in [0.4, 0.5) is 0 Å². The summed E-state index contributed by atoms with van der Waals surface area (Å²) in [7, 11) is 0. The number of nitrogens with zero attached hydrogens (tertiary/aromatic N) is 2. The van der Waals surface area contributed by atoms with Crippen molar-refractivity contribution >= 4 is 5.97 Å². The highest BCUT2D eigenvalue weighted by molar-refractivity contribution is 5.70. The van der Waals surface area contributed by atoms with Gasteiger partial charge in [-0.3, -0.25) is 4.79 Å². The van der Waals surface area contributed by atoms with E-state index in [1.807, 2.05) is 16.9 Å². The number of carboxylic acids is 1. The molecular weight excluding hydrogens is 252 g/mol. The number of benzene rings is 1.